The van der Waals surface area contributed by atoms with E-state index in [1.807, 2.05) is 20.1 Å². The third-order valence-corrected chi connectivity index (χ3v) is 6.38. The lowest BCUT2D eigenvalue weighted by atomic mass is 9.90. The number of anilines is 1. The maximum Gasteiger partial charge on any atom is 0.226 e. The largest absolute Gasteiger partial charge is 0.301 e. The van der Waals surface area contributed by atoms with Crippen LogP contribution in [0.5, 0.6) is 0 Å². The number of carbonyl (C=O) groups excluding carboxylic acids is 1. The van der Waals surface area contributed by atoms with E-state index in [2.05, 4.69) is 25.5 Å². The lowest BCUT2D eigenvalue weighted by Gasteiger charge is -2.18. The molecule has 1 aliphatic rings. The van der Waals surface area contributed by atoms with Crippen molar-refractivity contribution < 1.29 is 4.79 Å². The van der Waals surface area contributed by atoms with Crippen molar-refractivity contribution in [3.63, 3.8) is 0 Å². The second-order valence-corrected chi connectivity index (χ2v) is 8.47. The first kappa shape index (κ1) is 19.2. The molecular weight excluding hydrogens is 366 g/mol. The summed E-state index contributed by atoms with van der Waals surface area (Å²) in [5, 5.41) is 13.8. The zero-order chi connectivity index (χ0) is 18.5. The number of hydrogen-bond acceptors (Lipinski definition) is 7. The SMILES string of the molecule is CSc1nc(C)c(CCC(=O)Nc2nnc(C3CCCCC3)s2)c(C)n1. The Labute approximate surface area is 162 Å². The first-order valence-corrected chi connectivity index (χ1v) is 11.1. The fourth-order valence-electron chi connectivity index (χ4n) is 3.38. The number of aryl methyl sites for hydroxylation is 2. The van der Waals surface area contributed by atoms with Gasteiger partial charge in [0.25, 0.3) is 0 Å². The van der Waals surface area contributed by atoms with E-state index in [1.165, 1.54) is 55.2 Å². The van der Waals surface area contributed by atoms with E-state index < -0.39 is 0 Å². The van der Waals surface area contributed by atoms with Crippen molar-refractivity contribution in [3.05, 3.63) is 22.0 Å². The summed E-state index contributed by atoms with van der Waals surface area (Å²) in [4.78, 5) is 21.2. The van der Waals surface area contributed by atoms with Gasteiger partial charge in [-0.05, 0) is 44.9 Å². The molecule has 2 heterocycles. The molecule has 1 amide bonds. The molecule has 1 aliphatic carbocycles. The Morgan fingerprint density at radius 2 is 1.85 bits per heavy atom. The summed E-state index contributed by atoms with van der Waals surface area (Å²) in [7, 11) is 0. The molecule has 3 rings (SSSR count). The predicted octanol–water partition coefficient (Wildman–Crippen LogP) is 4.29. The summed E-state index contributed by atoms with van der Waals surface area (Å²) in [6.07, 6.45) is 9.21. The van der Waals surface area contributed by atoms with Crippen molar-refractivity contribution in [2.75, 3.05) is 11.6 Å². The molecule has 0 spiro atoms. The molecule has 0 atom stereocenters. The summed E-state index contributed by atoms with van der Waals surface area (Å²) in [5.74, 6) is 0.480. The van der Waals surface area contributed by atoms with Gasteiger partial charge < -0.3 is 5.32 Å². The van der Waals surface area contributed by atoms with Crippen LogP contribution in [-0.4, -0.2) is 32.3 Å². The Morgan fingerprint density at radius 1 is 1.15 bits per heavy atom. The molecule has 0 aliphatic heterocycles. The molecule has 2 aromatic heterocycles. The van der Waals surface area contributed by atoms with Crippen molar-refractivity contribution in [1.29, 1.82) is 0 Å². The minimum atomic E-state index is -0.0379. The lowest BCUT2D eigenvalue weighted by molar-refractivity contribution is -0.116. The molecule has 1 N–H and O–H groups in total. The molecule has 0 saturated heterocycles. The maximum atomic E-state index is 12.3. The highest BCUT2D eigenvalue weighted by molar-refractivity contribution is 7.98. The van der Waals surface area contributed by atoms with E-state index in [4.69, 9.17) is 0 Å². The van der Waals surface area contributed by atoms with E-state index >= 15 is 0 Å². The summed E-state index contributed by atoms with van der Waals surface area (Å²) >= 11 is 3.05. The van der Waals surface area contributed by atoms with Crippen LogP contribution >= 0.6 is 23.1 Å². The van der Waals surface area contributed by atoms with Crippen molar-refractivity contribution >= 4 is 34.1 Å². The van der Waals surface area contributed by atoms with Gasteiger partial charge in [-0.15, -0.1) is 10.2 Å². The van der Waals surface area contributed by atoms with Gasteiger partial charge >= 0.3 is 0 Å². The van der Waals surface area contributed by atoms with Crippen molar-refractivity contribution in [2.24, 2.45) is 0 Å². The van der Waals surface area contributed by atoms with Gasteiger partial charge in [0.15, 0.2) is 5.16 Å². The van der Waals surface area contributed by atoms with Crippen LogP contribution in [0.4, 0.5) is 5.13 Å². The van der Waals surface area contributed by atoms with Crippen molar-refractivity contribution in [2.45, 2.75) is 69.9 Å². The van der Waals surface area contributed by atoms with Gasteiger partial charge in [-0.1, -0.05) is 42.4 Å². The van der Waals surface area contributed by atoms with E-state index in [0.29, 0.717) is 23.9 Å². The van der Waals surface area contributed by atoms with E-state index in [1.54, 1.807) is 0 Å². The number of hydrogen-bond donors (Lipinski definition) is 1. The second-order valence-electron chi connectivity index (χ2n) is 6.69. The van der Waals surface area contributed by atoms with E-state index in [-0.39, 0.29) is 5.91 Å². The molecule has 26 heavy (non-hydrogen) atoms. The zero-order valence-electron chi connectivity index (χ0n) is 15.5. The molecule has 8 heteroatoms. The summed E-state index contributed by atoms with van der Waals surface area (Å²) in [6, 6.07) is 0. The Kier molecular flexibility index (Phi) is 6.58. The first-order chi connectivity index (χ1) is 12.6. The maximum absolute atomic E-state index is 12.3. The summed E-state index contributed by atoms with van der Waals surface area (Å²) in [5.41, 5.74) is 2.95. The number of nitrogens with zero attached hydrogens (tertiary/aromatic N) is 4. The van der Waals surface area contributed by atoms with Crippen LogP contribution in [0.1, 0.15) is 66.4 Å². The summed E-state index contributed by atoms with van der Waals surface area (Å²) < 4.78 is 0. The van der Waals surface area contributed by atoms with Gasteiger partial charge in [0.2, 0.25) is 11.0 Å². The number of carbonyl (C=O) groups is 1. The van der Waals surface area contributed by atoms with Gasteiger partial charge in [-0.3, -0.25) is 4.79 Å². The van der Waals surface area contributed by atoms with E-state index in [9.17, 15) is 4.79 Å². The smallest absolute Gasteiger partial charge is 0.226 e. The van der Waals surface area contributed by atoms with Gasteiger partial charge in [0, 0.05) is 23.7 Å². The molecule has 0 unspecified atom stereocenters. The lowest BCUT2D eigenvalue weighted by Crippen LogP contribution is -2.13. The standard InChI is InChI=1S/C18H25N5OS2/c1-11-14(12(2)20-17(19-11)25-3)9-10-15(24)21-18-23-22-16(26-18)13-7-5-4-6-8-13/h13H,4-10H2,1-3H3,(H,21,23,24). The normalized spacial score (nSPS) is 15.2. The number of amides is 1. The fourth-order valence-corrected chi connectivity index (χ4v) is 4.77. The number of aromatic nitrogens is 4. The van der Waals surface area contributed by atoms with Crippen molar-refractivity contribution in [3.8, 4) is 0 Å². The average molecular weight is 392 g/mol. The highest BCUT2D eigenvalue weighted by atomic mass is 32.2. The van der Waals surface area contributed by atoms with Gasteiger partial charge in [0.1, 0.15) is 5.01 Å². The van der Waals surface area contributed by atoms with Gasteiger partial charge in [-0.25, -0.2) is 9.97 Å². The second kappa shape index (κ2) is 8.90. The molecule has 140 valence electrons. The number of rotatable bonds is 6. The highest BCUT2D eigenvalue weighted by Crippen LogP contribution is 2.35. The minimum absolute atomic E-state index is 0.0379. The van der Waals surface area contributed by atoms with Gasteiger partial charge in [-0.2, -0.15) is 0 Å². The molecular formula is C18H25N5OS2. The number of nitrogens with one attached hydrogen (secondary N) is 1. The van der Waals surface area contributed by atoms with Crippen molar-refractivity contribution in [1.82, 2.24) is 20.2 Å². The molecule has 6 nitrogen and oxygen atoms in total. The Bertz CT molecular complexity index is 748. The van der Waals surface area contributed by atoms with Crippen LogP contribution in [0.25, 0.3) is 0 Å². The Morgan fingerprint density at radius 3 is 2.50 bits per heavy atom. The third-order valence-electron chi connectivity index (χ3n) is 4.83. The number of thioether (sulfide) groups is 1. The average Bonchev–Trinajstić information content (AvgIpc) is 3.10. The predicted molar refractivity (Wildman–Crippen MR) is 106 cm³/mol. The van der Waals surface area contributed by atoms with Gasteiger partial charge in [0.05, 0.1) is 0 Å². The van der Waals surface area contributed by atoms with Crippen LogP contribution in [-0.2, 0) is 11.2 Å². The minimum Gasteiger partial charge on any atom is -0.301 e. The first-order valence-electron chi connectivity index (χ1n) is 9.08. The summed E-state index contributed by atoms with van der Waals surface area (Å²) in [6.45, 7) is 3.95. The van der Waals surface area contributed by atoms with Crippen LogP contribution in [0.15, 0.2) is 5.16 Å². The van der Waals surface area contributed by atoms with Crippen LogP contribution < -0.4 is 5.32 Å². The highest BCUT2D eigenvalue weighted by Gasteiger charge is 2.20. The zero-order valence-corrected chi connectivity index (χ0v) is 17.2. The van der Waals surface area contributed by atoms with E-state index in [0.717, 1.165) is 27.1 Å². The molecule has 2 aromatic rings. The topological polar surface area (TPSA) is 80.7 Å². The molecule has 1 fully saturated rings. The quantitative estimate of drug-likeness (QED) is 0.584. The molecule has 1 saturated carbocycles. The molecule has 0 aromatic carbocycles. The Hall–Kier alpha value is -1.54. The van der Waals surface area contributed by atoms with Crippen LogP contribution in [0.3, 0.4) is 0 Å². The Balaban J connectivity index is 1.55. The molecule has 0 radical (unpaired) electrons. The van der Waals surface area contributed by atoms with Crippen LogP contribution in [0, 0.1) is 13.8 Å². The third kappa shape index (κ3) is 4.79. The monoisotopic (exact) mass is 391 g/mol. The molecule has 0 bridgehead atoms. The van der Waals surface area contributed by atoms with Crippen LogP contribution in [0.2, 0.25) is 0 Å². The fraction of sp³-hybridized carbons (Fsp3) is 0.611.